The highest BCUT2D eigenvalue weighted by Crippen LogP contribution is 2.75. The smallest absolute Gasteiger partial charge is 0.317 e. The molecule has 1 aliphatic heterocycles. The quantitative estimate of drug-likeness (QED) is 0.200. The van der Waals surface area contributed by atoms with Gasteiger partial charge in [-0.05, 0) is 103 Å². The van der Waals surface area contributed by atoms with E-state index in [1.54, 1.807) is 0 Å². The van der Waals surface area contributed by atoms with Crippen molar-refractivity contribution in [2.24, 2.45) is 50.2 Å². The van der Waals surface area contributed by atoms with Gasteiger partial charge in [0.25, 0.3) is 0 Å². The van der Waals surface area contributed by atoms with Crippen molar-refractivity contribution in [2.45, 2.75) is 164 Å². The van der Waals surface area contributed by atoms with Gasteiger partial charge in [-0.15, -0.1) is 0 Å². The normalized spacial score (nSPS) is 46.1. The molecule has 6 aliphatic rings. The van der Waals surface area contributed by atoms with Crippen molar-refractivity contribution in [1.29, 1.82) is 0 Å². The minimum absolute atomic E-state index is 0.0253. The van der Waals surface area contributed by atoms with Gasteiger partial charge in [0, 0.05) is 20.8 Å². The fraction of sp³-hybridized carbons (Fsp3) is 0.854. The van der Waals surface area contributed by atoms with Gasteiger partial charge in [-0.2, -0.15) is 0 Å². The van der Waals surface area contributed by atoms with Gasteiger partial charge < -0.3 is 33.9 Å². The molecule has 1 saturated heterocycles. The minimum atomic E-state index is -1.47. The largest absolute Gasteiger partial charge is 0.456 e. The Balaban J connectivity index is 1.37. The number of esters is 4. The number of hydrogen-bond acceptors (Lipinski definition) is 11. The van der Waals surface area contributed by atoms with Crippen LogP contribution in [0.1, 0.15) is 127 Å². The molecule has 0 aromatic rings. The van der Waals surface area contributed by atoms with Gasteiger partial charge in [0.2, 0.25) is 12.4 Å². The van der Waals surface area contributed by atoms with Crippen LogP contribution in [0.3, 0.4) is 0 Å². The summed E-state index contributed by atoms with van der Waals surface area (Å²) in [6, 6.07) is 0. The number of aliphatic hydroxyl groups is 2. The molecule has 0 aromatic carbocycles. The summed E-state index contributed by atoms with van der Waals surface area (Å²) in [6.07, 6.45) is 2.57. The molecule has 1 heterocycles. The summed E-state index contributed by atoms with van der Waals surface area (Å²) in [5, 5.41) is 23.7. The molecular weight excluding hydrogens is 668 g/mol. The average Bonchev–Trinajstić information content (AvgIpc) is 3.01. The van der Waals surface area contributed by atoms with Gasteiger partial charge in [-0.1, -0.05) is 60.1 Å². The predicted molar refractivity (Wildman–Crippen MR) is 189 cm³/mol. The second kappa shape index (κ2) is 13.1. The van der Waals surface area contributed by atoms with Crippen LogP contribution in [-0.4, -0.2) is 77.5 Å². The fourth-order valence-corrected chi connectivity index (χ4v) is 12.7. The Bertz CT molecular complexity index is 1500. The van der Waals surface area contributed by atoms with Crippen molar-refractivity contribution < 1.29 is 53.1 Å². The Morgan fingerprint density at radius 3 is 2.00 bits per heavy atom. The number of aliphatic hydroxyl groups excluding tert-OH is 2. The van der Waals surface area contributed by atoms with Gasteiger partial charge in [0.15, 0.2) is 12.2 Å². The molecule has 11 nitrogen and oxygen atoms in total. The topological polar surface area (TPSA) is 155 Å². The van der Waals surface area contributed by atoms with Gasteiger partial charge in [-0.25, -0.2) is 0 Å². The van der Waals surface area contributed by atoms with Crippen LogP contribution in [0.5, 0.6) is 0 Å². The first-order valence-corrected chi connectivity index (χ1v) is 19.4. The first kappa shape index (κ1) is 39.2. The van der Waals surface area contributed by atoms with E-state index in [0.29, 0.717) is 37.5 Å². The summed E-state index contributed by atoms with van der Waals surface area (Å²) >= 11 is 0. The van der Waals surface area contributed by atoms with Crippen LogP contribution >= 0.6 is 0 Å². The molecule has 0 radical (unpaired) electrons. The standard InChI is InChI=1S/C41H62O11/c1-22(42)49-27-21-48-34(33(51-24(3)44)32(27)50-23(2)43)52-35(47)41-18-17-36(4,5)19-26(41)25-11-12-29-38(8)15-14-30(45)37(6,7)28(38)13-16-39(29,9)40(25,10)20-31(41)46/h11,26-34,45-46H,12-21H2,1-10H3/t26-,27?,28?,29?,30-,31?,32?,33?,34?,38-,39+,40+,41+/m0/s1. The molecule has 4 saturated carbocycles. The third-order valence-electron chi connectivity index (χ3n) is 15.6. The van der Waals surface area contributed by atoms with Gasteiger partial charge in [0.05, 0.1) is 18.8 Å². The second-order valence-corrected chi connectivity index (χ2v) is 19.3. The zero-order chi connectivity index (χ0) is 38.4. The first-order chi connectivity index (χ1) is 24.0. The molecule has 292 valence electrons. The van der Waals surface area contributed by atoms with E-state index in [9.17, 15) is 29.4 Å². The van der Waals surface area contributed by atoms with E-state index < -0.39 is 60.0 Å². The lowest BCUT2D eigenvalue weighted by molar-refractivity contribution is -0.282. The van der Waals surface area contributed by atoms with Crippen molar-refractivity contribution in [3.8, 4) is 0 Å². The fourth-order valence-electron chi connectivity index (χ4n) is 12.7. The van der Waals surface area contributed by atoms with E-state index in [-0.39, 0.29) is 45.7 Å². The van der Waals surface area contributed by atoms with Crippen LogP contribution in [0, 0.1) is 50.2 Å². The highest BCUT2D eigenvalue weighted by atomic mass is 16.7. The molecule has 0 amide bonds. The number of rotatable bonds is 5. The van der Waals surface area contributed by atoms with E-state index in [1.165, 1.54) is 26.3 Å². The highest BCUT2D eigenvalue weighted by molar-refractivity contribution is 5.80. The van der Waals surface area contributed by atoms with Crippen LogP contribution in [0.15, 0.2) is 11.6 Å². The molecule has 7 unspecified atom stereocenters. The Labute approximate surface area is 308 Å². The third kappa shape index (κ3) is 5.94. The van der Waals surface area contributed by atoms with Crippen LogP contribution in [0.2, 0.25) is 0 Å². The van der Waals surface area contributed by atoms with Crippen molar-refractivity contribution in [2.75, 3.05) is 6.61 Å². The van der Waals surface area contributed by atoms with Crippen LogP contribution < -0.4 is 0 Å². The lowest BCUT2D eigenvalue weighted by Gasteiger charge is -2.71. The summed E-state index contributed by atoms with van der Waals surface area (Å²) in [7, 11) is 0. The molecule has 52 heavy (non-hydrogen) atoms. The maximum absolute atomic E-state index is 14.9. The number of carbonyl (C=O) groups is 4. The zero-order valence-corrected chi connectivity index (χ0v) is 32.9. The van der Waals surface area contributed by atoms with Gasteiger partial charge >= 0.3 is 23.9 Å². The minimum Gasteiger partial charge on any atom is -0.456 e. The third-order valence-corrected chi connectivity index (χ3v) is 15.6. The maximum Gasteiger partial charge on any atom is 0.317 e. The zero-order valence-electron chi connectivity index (χ0n) is 32.9. The van der Waals surface area contributed by atoms with E-state index in [2.05, 4.69) is 54.5 Å². The van der Waals surface area contributed by atoms with Crippen molar-refractivity contribution >= 4 is 23.9 Å². The average molecular weight is 731 g/mol. The Morgan fingerprint density at radius 2 is 1.37 bits per heavy atom. The van der Waals surface area contributed by atoms with Crippen LogP contribution in [0.4, 0.5) is 0 Å². The molecule has 5 fully saturated rings. The van der Waals surface area contributed by atoms with Crippen molar-refractivity contribution in [3.05, 3.63) is 11.6 Å². The molecule has 0 spiro atoms. The lowest BCUT2D eigenvalue weighted by atomic mass is 9.33. The number of ether oxygens (including phenoxy) is 5. The molecule has 5 aliphatic carbocycles. The maximum atomic E-state index is 14.9. The number of hydrogen-bond donors (Lipinski definition) is 2. The number of allylic oxidation sites excluding steroid dienone is 2. The summed E-state index contributed by atoms with van der Waals surface area (Å²) < 4.78 is 28.5. The van der Waals surface area contributed by atoms with E-state index in [4.69, 9.17) is 23.7 Å². The summed E-state index contributed by atoms with van der Waals surface area (Å²) in [5.74, 6) is -2.28. The lowest BCUT2D eigenvalue weighted by Crippen LogP contribution is -2.68. The Kier molecular flexibility index (Phi) is 9.85. The van der Waals surface area contributed by atoms with Gasteiger partial charge in [0.1, 0.15) is 5.41 Å². The molecule has 6 rings (SSSR count). The Morgan fingerprint density at radius 1 is 0.731 bits per heavy atom. The number of fused-ring (bicyclic) bond motifs is 7. The molecule has 2 N–H and O–H groups in total. The summed E-state index contributed by atoms with van der Waals surface area (Å²) in [4.78, 5) is 51.3. The van der Waals surface area contributed by atoms with Crippen LogP contribution in [-0.2, 0) is 42.9 Å². The summed E-state index contributed by atoms with van der Waals surface area (Å²) in [5.41, 5.74) is -0.840. The van der Waals surface area contributed by atoms with Crippen molar-refractivity contribution in [1.82, 2.24) is 0 Å². The second-order valence-electron chi connectivity index (χ2n) is 19.3. The molecule has 0 bridgehead atoms. The van der Waals surface area contributed by atoms with E-state index >= 15 is 0 Å². The van der Waals surface area contributed by atoms with Gasteiger partial charge in [-0.3, -0.25) is 19.2 Å². The monoisotopic (exact) mass is 730 g/mol. The molecule has 13 atom stereocenters. The predicted octanol–water partition coefficient (Wildman–Crippen LogP) is 5.81. The van der Waals surface area contributed by atoms with E-state index in [0.717, 1.165) is 32.1 Å². The highest BCUT2D eigenvalue weighted by Gasteiger charge is 2.71. The molecular formula is C41H62O11. The first-order valence-electron chi connectivity index (χ1n) is 19.4. The summed E-state index contributed by atoms with van der Waals surface area (Å²) in [6.45, 7) is 19.4. The van der Waals surface area contributed by atoms with E-state index in [1.807, 2.05) is 0 Å². The Hall–Kier alpha value is -2.50. The molecule has 11 heteroatoms. The molecule has 0 aromatic heterocycles. The SMILES string of the molecule is CC(=O)OC1COC(OC(=O)[C@]23CCC(C)(C)C[C@H]2C2=CCC4[C@@]5(C)CC[C@H](O)C(C)(C)C5CC[C@@]4(C)[C@]2(C)CC3O)C(OC(C)=O)C1OC(C)=O. The number of carbonyl (C=O) groups excluding carboxylic acids is 4. The van der Waals surface area contributed by atoms with Crippen LogP contribution in [0.25, 0.3) is 0 Å². The van der Waals surface area contributed by atoms with Crippen molar-refractivity contribution in [3.63, 3.8) is 0 Å².